The molecule has 4 N–H and O–H groups in total. The van der Waals surface area contributed by atoms with Crippen molar-refractivity contribution >= 4 is 126 Å². The van der Waals surface area contributed by atoms with Gasteiger partial charge in [-0.05, 0) is 98.1 Å². The molecule has 0 aliphatic carbocycles. The summed E-state index contributed by atoms with van der Waals surface area (Å²) in [7, 11) is 3.47. The summed E-state index contributed by atoms with van der Waals surface area (Å²) in [6.45, 7) is 32.9. The second-order valence-corrected chi connectivity index (χ2v) is 51.6. The van der Waals surface area contributed by atoms with Crippen molar-refractivity contribution in [2.24, 2.45) is 0 Å². The molecule has 4 aromatic heterocycles. The lowest BCUT2D eigenvalue weighted by Crippen LogP contribution is -2.35. The molecule has 0 saturated carbocycles. The van der Waals surface area contributed by atoms with Crippen LogP contribution in [0.5, 0.6) is 11.8 Å². The van der Waals surface area contributed by atoms with Crippen LogP contribution in [0.1, 0.15) is 260 Å². The van der Waals surface area contributed by atoms with E-state index in [4.69, 9.17) is 57.7 Å². The first-order chi connectivity index (χ1) is 53.9. The third-order valence-electron chi connectivity index (χ3n) is 20.3. The SMILES string of the molecule is CC[C@H]1O[C@@H](n2cnc3c(OCC[Si](C)(C)C)nc(NCCCCCCCCCCCCNC(=O)CC4CCSS4)nc32)CC1OC(=O)CCC(C)=O.CC[C@H]1O[C@@H](n2cnc3c(OCC[Si](C)(C)C)nc(NCCCCCCCCCCCCNC(=O)CC4CCSS4)nc32)CC1OP(OCCC#N)N(C(C)C)C(C)C. The number of imidazole rings is 2. The molecular weight excluding hydrogens is 1550 g/mol. The van der Waals surface area contributed by atoms with Crippen molar-refractivity contribution in [3.05, 3.63) is 12.7 Å². The second kappa shape index (κ2) is 52.0. The number of nitrogens with zero attached hydrogens (tertiary/aromatic N) is 10. The van der Waals surface area contributed by atoms with Crippen LogP contribution in [0, 0.1) is 11.3 Å². The van der Waals surface area contributed by atoms with E-state index in [9.17, 15) is 24.4 Å². The number of fused-ring (bicyclic) bond motifs is 2. The van der Waals surface area contributed by atoms with Gasteiger partial charge >= 0.3 is 5.97 Å². The van der Waals surface area contributed by atoms with Crippen molar-refractivity contribution in [2.75, 3.05) is 68.1 Å². The van der Waals surface area contributed by atoms with Gasteiger partial charge in [0.25, 0.3) is 8.53 Å². The molecule has 4 aliphatic heterocycles. The first-order valence-corrected chi connectivity index (χ1v) is 55.8. The predicted molar refractivity (Wildman–Crippen MR) is 467 cm³/mol. The Balaban J connectivity index is 0.000000313. The highest BCUT2D eigenvalue weighted by molar-refractivity contribution is 8.77. The van der Waals surface area contributed by atoms with Gasteiger partial charge in [-0.3, -0.25) is 23.5 Å². The number of ether oxygens (including phenoxy) is 5. The van der Waals surface area contributed by atoms with E-state index in [-0.39, 0.29) is 73.0 Å². The van der Waals surface area contributed by atoms with Crippen LogP contribution in [0.25, 0.3) is 22.3 Å². The number of hydrogen-bond donors (Lipinski definition) is 4. The standard InChI is InChI=1S/C42H75N8O5PS2Si.C38H64N6O6S2Si/c1-9-35-36(55-56(53-25-20-22-43)50(32(2)3)33(4)5)30-38(54-35)49-31-46-39-40(49)47-42(48-41(39)52-26-28-59(6,7)8)45-24-19-17-15-13-11-10-12-14-16-18-23-44-37(51)29-34-21-27-57-58-34;1-6-30-31(50-34(47)18-17-28(2)45)26-33(49-30)44-27-41-35-36(44)42-38(43-37(35)48-22-24-53(3,4)5)40-21-16-14-12-10-8-7-9-11-13-15-20-39-32(46)25-29-19-23-51-52-29/h31-36,38H,9-21,23-30H2,1-8H3,(H,44,51)(H,45,47,48);27,29-31,33H,6-26H2,1-5H3,(H,39,46)(H,40,42,43)/t34?,35-,36?,38-,56?;29?,30-,31?,33-/m11/s1. The van der Waals surface area contributed by atoms with Gasteiger partial charge in [-0.1, -0.05) is 199 Å². The number of ketones is 1. The Morgan fingerprint density at radius 2 is 1.00 bits per heavy atom. The molecular formula is C80H139N14O11PS4Si2. The van der Waals surface area contributed by atoms with Crippen molar-refractivity contribution in [1.29, 1.82) is 5.26 Å². The van der Waals surface area contributed by atoms with E-state index in [1.165, 1.54) is 108 Å². The zero-order valence-corrected chi connectivity index (χ0v) is 76.3. The van der Waals surface area contributed by atoms with Gasteiger partial charge in [-0.2, -0.15) is 25.2 Å². The Morgan fingerprint density at radius 3 is 1.38 bits per heavy atom. The number of nitrogens with one attached hydrogen (secondary N) is 4. The van der Waals surface area contributed by atoms with Crippen molar-refractivity contribution in [1.82, 2.24) is 54.3 Å². The van der Waals surface area contributed by atoms with E-state index < -0.39 is 37.0 Å². The molecule has 8 rings (SSSR count). The summed E-state index contributed by atoms with van der Waals surface area (Å²) in [6.07, 6.45) is 32.5. The first kappa shape index (κ1) is 95.1. The average molecular weight is 1690 g/mol. The molecule has 0 radical (unpaired) electrons. The average Bonchev–Trinajstić information content (AvgIpc) is 1.63. The summed E-state index contributed by atoms with van der Waals surface area (Å²) >= 11 is 0. The molecule has 2 amide bonds. The van der Waals surface area contributed by atoms with Crippen LogP contribution in [0.15, 0.2) is 12.7 Å². The molecule has 4 aliphatic rings. The molecule has 0 bridgehead atoms. The van der Waals surface area contributed by atoms with E-state index in [2.05, 4.69) is 111 Å². The maximum atomic E-state index is 12.4. The van der Waals surface area contributed by atoms with Crippen molar-refractivity contribution in [2.45, 2.75) is 358 Å². The van der Waals surface area contributed by atoms with Crippen LogP contribution in [-0.4, -0.2) is 188 Å². The van der Waals surface area contributed by atoms with Gasteiger partial charge in [-0.15, -0.1) is 0 Å². The molecule has 4 fully saturated rings. The van der Waals surface area contributed by atoms with Crippen LogP contribution >= 0.6 is 51.7 Å². The lowest BCUT2D eigenvalue weighted by atomic mass is 10.1. The molecule has 9 atom stereocenters. The van der Waals surface area contributed by atoms with Crippen molar-refractivity contribution in [3.63, 3.8) is 0 Å². The summed E-state index contributed by atoms with van der Waals surface area (Å²) < 4.78 is 50.6. The molecule has 32 heteroatoms. The summed E-state index contributed by atoms with van der Waals surface area (Å²) in [6, 6.07) is 4.64. The van der Waals surface area contributed by atoms with E-state index in [0.29, 0.717) is 115 Å². The number of aromatic nitrogens is 8. The number of rotatable bonds is 56. The minimum absolute atomic E-state index is 0.0348. The van der Waals surface area contributed by atoms with E-state index in [1.54, 1.807) is 12.7 Å². The summed E-state index contributed by atoms with van der Waals surface area (Å²) in [5.41, 5.74) is 2.54. The van der Waals surface area contributed by atoms with Gasteiger partial charge in [0.1, 0.15) is 24.3 Å². The van der Waals surface area contributed by atoms with E-state index >= 15 is 0 Å². The zero-order chi connectivity index (χ0) is 80.7. The van der Waals surface area contributed by atoms with Gasteiger partial charge in [-0.25, -0.2) is 14.6 Å². The summed E-state index contributed by atoms with van der Waals surface area (Å²) in [4.78, 5) is 76.8. The van der Waals surface area contributed by atoms with Crippen LogP contribution in [0.3, 0.4) is 0 Å². The van der Waals surface area contributed by atoms with Crippen LogP contribution < -0.4 is 30.7 Å². The second-order valence-electron chi connectivity index (χ2n) is 33.3. The number of hydrogen-bond acceptors (Lipinski definition) is 25. The van der Waals surface area contributed by atoms with Gasteiger partial charge < -0.3 is 58.8 Å². The van der Waals surface area contributed by atoms with Crippen LogP contribution in [0.2, 0.25) is 51.4 Å². The number of esters is 1. The van der Waals surface area contributed by atoms with Gasteiger partial charge in [0.05, 0.1) is 69.7 Å². The lowest BCUT2D eigenvalue weighted by Gasteiger charge is -2.37. The van der Waals surface area contributed by atoms with Gasteiger partial charge in [0.2, 0.25) is 35.5 Å². The van der Waals surface area contributed by atoms with Gasteiger partial charge in [0.15, 0.2) is 22.3 Å². The molecule has 0 spiro atoms. The highest BCUT2D eigenvalue weighted by atomic mass is 33.1. The predicted octanol–water partition coefficient (Wildman–Crippen LogP) is 19.4. The fourth-order valence-corrected chi connectivity index (χ4v) is 22.8. The Kier molecular flexibility index (Phi) is 44.1. The fourth-order valence-electron chi connectivity index (χ4n) is 13.8. The monoisotopic (exact) mass is 1690 g/mol. The number of nitriles is 1. The van der Waals surface area contributed by atoms with Crippen LogP contribution in [-0.2, 0) is 42.4 Å². The molecule has 0 aromatic carbocycles. The molecule has 632 valence electrons. The number of amides is 2. The van der Waals surface area contributed by atoms with Crippen LogP contribution in [0.4, 0.5) is 11.9 Å². The fraction of sp³-hybridized carbons (Fsp3) is 0.812. The Labute approximate surface area is 689 Å². The molecule has 25 nitrogen and oxygen atoms in total. The van der Waals surface area contributed by atoms with Crippen molar-refractivity contribution in [3.8, 4) is 17.8 Å². The summed E-state index contributed by atoms with van der Waals surface area (Å²) in [5, 5.41) is 23.3. The van der Waals surface area contributed by atoms with Crippen molar-refractivity contribution < 1.29 is 51.9 Å². The maximum absolute atomic E-state index is 12.4. The van der Waals surface area contributed by atoms with E-state index in [1.807, 2.05) is 59.2 Å². The minimum Gasteiger partial charge on any atom is -0.476 e. The smallest absolute Gasteiger partial charge is 0.306 e. The number of carbonyl (C=O) groups excluding carboxylic acids is 4. The third-order valence-corrected chi connectivity index (χ3v) is 31.7. The quantitative estimate of drug-likeness (QED) is 0.0105. The maximum Gasteiger partial charge on any atom is 0.306 e. The largest absolute Gasteiger partial charge is 0.476 e. The molecule has 5 unspecified atom stereocenters. The normalized spacial score (nSPS) is 20.2. The number of carbonyl (C=O) groups is 4. The Morgan fingerprint density at radius 1 is 0.589 bits per heavy atom. The topological polar surface area (TPSA) is 295 Å². The van der Waals surface area contributed by atoms with E-state index in [0.717, 1.165) is 96.1 Å². The molecule has 8 heterocycles. The molecule has 4 saturated heterocycles. The number of unbranched alkanes of at least 4 members (excludes halogenated alkanes) is 18. The highest BCUT2D eigenvalue weighted by Gasteiger charge is 2.42. The Bertz CT molecular complexity index is 3420. The lowest BCUT2D eigenvalue weighted by molar-refractivity contribution is -0.152. The Hall–Kier alpha value is -4.07. The van der Waals surface area contributed by atoms with Gasteiger partial charge in [0, 0.05) is 109 Å². The minimum atomic E-state index is -1.41. The first-order valence-electron chi connectivity index (χ1n) is 42.5. The third kappa shape index (κ3) is 35.2. The summed E-state index contributed by atoms with van der Waals surface area (Å²) in [5.74, 6) is 4.40. The molecule has 4 aromatic rings. The zero-order valence-electron chi connectivity index (χ0n) is 70.2. The number of anilines is 2. The number of Topliss-reactive ketones (excluding diaryl/α,β-unsaturated/α-hetero) is 1. The highest BCUT2D eigenvalue weighted by Crippen LogP contribution is 2.51. The molecule has 112 heavy (non-hydrogen) atoms.